The maximum atomic E-state index is 10.9. The Morgan fingerprint density at radius 1 is 0.944 bits per heavy atom. The van der Waals surface area contributed by atoms with Crippen molar-refractivity contribution in [1.82, 2.24) is 0 Å². The van der Waals surface area contributed by atoms with Gasteiger partial charge in [0.2, 0.25) is 0 Å². The van der Waals surface area contributed by atoms with E-state index < -0.39 is 17.0 Å². The summed E-state index contributed by atoms with van der Waals surface area (Å²) in [7, 11) is 0. The lowest BCUT2D eigenvalue weighted by Crippen LogP contribution is -2.28. The molecule has 0 amide bonds. The summed E-state index contributed by atoms with van der Waals surface area (Å²) < 4.78 is 27.0. The van der Waals surface area contributed by atoms with Crippen LogP contribution in [0.4, 0.5) is 0 Å². The molecule has 0 aromatic heterocycles. The van der Waals surface area contributed by atoms with Gasteiger partial charge in [0.25, 0.3) is 0 Å². The van der Waals surface area contributed by atoms with E-state index in [4.69, 9.17) is 4.18 Å². The topological polar surface area (TPSA) is 49.4 Å². The SMILES string of the molecule is CC(OS(=O)[O-])(c1ccccc1)c1ccccc1. The van der Waals surface area contributed by atoms with Gasteiger partial charge in [-0.05, 0) is 18.1 Å². The van der Waals surface area contributed by atoms with Gasteiger partial charge in [0.05, 0.1) is 11.4 Å². The van der Waals surface area contributed by atoms with Gasteiger partial charge in [0.15, 0.2) is 0 Å². The Morgan fingerprint density at radius 3 is 1.67 bits per heavy atom. The molecule has 0 fully saturated rings. The summed E-state index contributed by atoms with van der Waals surface area (Å²) >= 11 is -2.59. The zero-order chi connectivity index (χ0) is 13.0. The fourth-order valence-electron chi connectivity index (χ4n) is 1.91. The van der Waals surface area contributed by atoms with Gasteiger partial charge >= 0.3 is 0 Å². The molecule has 1 unspecified atom stereocenters. The Labute approximate surface area is 109 Å². The van der Waals surface area contributed by atoms with E-state index in [0.29, 0.717) is 0 Å². The Morgan fingerprint density at radius 2 is 1.33 bits per heavy atom. The molecular weight excluding hydrogens is 248 g/mol. The van der Waals surface area contributed by atoms with Gasteiger partial charge in [0, 0.05) is 0 Å². The molecule has 0 aliphatic rings. The normalized spacial score (nSPS) is 13.2. The molecule has 0 radical (unpaired) electrons. The van der Waals surface area contributed by atoms with Crippen molar-refractivity contribution in [3.8, 4) is 0 Å². The van der Waals surface area contributed by atoms with Crippen molar-refractivity contribution in [3.05, 3.63) is 71.8 Å². The van der Waals surface area contributed by atoms with Gasteiger partial charge < -0.3 is 4.55 Å². The predicted molar refractivity (Wildman–Crippen MR) is 69.3 cm³/mol. The summed E-state index contributed by atoms with van der Waals surface area (Å²) in [5.41, 5.74) is 0.579. The summed E-state index contributed by atoms with van der Waals surface area (Å²) in [6.45, 7) is 1.74. The molecule has 18 heavy (non-hydrogen) atoms. The molecule has 94 valence electrons. The molecule has 0 aliphatic heterocycles. The molecule has 0 heterocycles. The van der Waals surface area contributed by atoms with Crippen LogP contribution in [0.15, 0.2) is 60.7 Å². The molecule has 0 spiro atoms. The summed E-state index contributed by atoms with van der Waals surface area (Å²) in [4.78, 5) is 0. The number of hydrogen-bond donors (Lipinski definition) is 0. The van der Waals surface area contributed by atoms with Crippen LogP contribution in [0.1, 0.15) is 18.1 Å². The first-order valence-electron chi connectivity index (χ1n) is 5.53. The Kier molecular flexibility index (Phi) is 3.91. The van der Waals surface area contributed by atoms with E-state index in [9.17, 15) is 8.76 Å². The van der Waals surface area contributed by atoms with Gasteiger partial charge in [-0.2, -0.15) is 0 Å². The fraction of sp³-hybridized carbons (Fsp3) is 0.143. The summed E-state index contributed by atoms with van der Waals surface area (Å²) in [6, 6.07) is 18.6. The lowest BCUT2D eigenvalue weighted by atomic mass is 9.88. The zero-order valence-corrected chi connectivity index (χ0v) is 10.7. The van der Waals surface area contributed by atoms with E-state index in [1.807, 2.05) is 60.7 Å². The van der Waals surface area contributed by atoms with Crippen LogP contribution in [-0.2, 0) is 21.1 Å². The number of benzene rings is 2. The van der Waals surface area contributed by atoms with Crippen molar-refractivity contribution in [2.24, 2.45) is 0 Å². The fourth-order valence-corrected chi connectivity index (χ4v) is 2.38. The molecule has 2 aromatic rings. The van der Waals surface area contributed by atoms with Crippen LogP contribution in [0.3, 0.4) is 0 Å². The van der Waals surface area contributed by atoms with E-state index in [1.54, 1.807) is 6.92 Å². The molecular formula is C14H13O3S-. The van der Waals surface area contributed by atoms with Crippen LogP contribution in [0.5, 0.6) is 0 Å². The van der Waals surface area contributed by atoms with Crippen molar-refractivity contribution in [2.45, 2.75) is 12.5 Å². The monoisotopic (exact) mass is 261 g/mol. The minimum atomic E-state index is -2.59. The zero-order valence-electron chi connectivity index (χ0n) is 9.91. The summed E-state index contributed by atoms with van der Waals surface area (Å²) in [5, 5.41) is 0. The van der Waals surface area contributed by atoms with Gasteiger partial charge in [-0.25, -0.2) is 4.21 Å². The lowest BCUT2D eigenvalue weighted by molar-refractivity contribution is 0.135. The van der Waals surface area contributed by atoms with Crippen LogP contribution < -0.4 is 0 Å². The third kappa shape index (κ3) is 2.67. The minimum Gasteiger partial charge on any atom is -0.750 e. The Bertz CT molecular complexity index is 486. The van der Waals surface area contributed by atoms with Gasteiger partial charge in [-0.1, -0.05) is 60.7 Å². The Balaban J connectivity index is 2.51. The van der Waals surface area contributed by atoms with Crippen molar-refractivity contribution in [1.29, 1.82) is 0 Å². The standard InChI is InChI=1S/C14H14O3S/c1-14(17-18(15)16,12-8-4-2-5-9-12)13-10-6-3-7-11-13/h2-11H,1H3,(H,15,16)/p-1. The van der Waals surface area contributed by atoms with Gasteiger partial charge in [-0.3, -0.25) is 4.18 Å². The molecule has 0 saturated carbocycles. The molecule has 1 atom stereocenters. The summed E-state index contributed by atoms with van der Waals surface area (Å²) in [6.07, 6.45) is 0. The second-order valence-corrected chi connectivity index (χ2v) is 4.63. The largest absolute Gasteiger partial charge is 0.750 e. The molecule has 2 rings (SSSR count). The van der Waals surface area contributed by atoms with Crippen molar-refractivity contribution >= 4 is 11.4 Å². The minimum absolute atomic E-state index is 0.792. The van der Waals surface area contributed by atoms with E-state index in [0.717, 1.165) is 11.1 Å². The average molecular weight is 261 g/mol. The second kappa shape index (κ2) is 5.44. The van der Waals surface area contributed by atoms with Crippen molar-refractivity contribution in [2.75, 3.05) is 0 Å². The van der Waals surface area contributed by atoms with Crippen molar-refractivity contribution < 1.29 is 12.9 Å². The predicted octanol–water partition coefficient (Wildman–Crippen LogP) is 2.76. The molecule has 0 bridgehead atoms. The van der Waals surface area contributed by atoms with Crippen LogP contribution in [0.2, 0.25) is 0 Å². The molecule has 0 N–H and O–H groups in total. The van der Waals surface area contributed by atoms with Crippen LogP contribution >= 0.6 is 0 Å². The third-order valence-corrected chi connectivity index (χ3v) is 3.35. The molecule has 4 heteroatoms. The Hall–Kier alpha value is -1.49. The van der Waals surface area contributed by atoms with Gasteiger partial charge in [-0.15, -0.1) is 0 Å². The van der Waals surface area contributed by atoms with Crippen LogP contribution in [0, 0.1) is 0 Å². The van der Waals surface area contributed by atoms with Crippen LogP contribution in [-0.4, -0.2) is 8.76 Å². The second-order valence-electron chi connectivity index (χ2n) is 4.05. The first kappa shape index (κ1) is 13.0. The first-order valence-corrected chi connectivity index (χ1v) is 6.53. The summed E-state index contributed by atoms with van der Waals surface area (Å²) in [5.74, 6) is 0. The van der Waals surface area contributed by atoms with E-state index in [2.05, 4.69) is 0 Å². The third-order valence-electron chi connectivity index (χ3n) is 2.88. The van der Waals surface area contributed by atoms with Crippen LogP contribution in [0.25, 0.3) is 0 Å². The first-order chi connectivity index (χ1) is 8.63. The number of hydrogen-bond acceptors (Lipinski definition) is 3. The van der Waals surface area contributed by atoms with E-state index >= 15 is 0 Å². The quantitative estimate of drug-likeness (QED) is 0.795. The highest BCUT2D eigenvalue weighted by Gasteiger charge is 2.30. The highest BCUT2D eigenvalue weighted by molar-refractivity contribution is 7.74. The highest BCUT2D eigenvalue weighted by Crippen LogP contribution is 2.33. The highest BCUT2D eigenvalue weighted by atomic mass is 32.2. The maximum absolute atomic E-state index is 10.9. The molecule has 0 saturated heterocycles. The van der Waals surface area contributed by atoms with Crippen molar-refractivity contribution in [3.63, 3.8) is 0 Å². The maximum Gasteiger partial charge on any atom is 0.131 e. The molecule has 0 aliphatic carbocycles. The molecule has 3 nitrogen and oxygen atoms in total. The number of rotatable bonds is 4. The average Bonchev–Trinajstić information content (AvgIpc) is 2.40. The van der Waals surface area contributed by atoms with E-state index in [-0.39, 0.29) is 0 Å². The van der Waals surface area contributed by atoms with E-state index in [1.165, 1.54) is 0 Å². The smallest absolute Gasteiger partial charge is 0.131 e. The van der Waals surface area contributed by atoms with Gasteiger partial charge in [0.1, 0.15) is 5.60 Å². The lowest BCUT2D eigenvalue weighted by Gasteiger charge is -2.31. The molecule has 2 aromatic carbocycles.